The highest BCUT2D eigenvalue weighted by Crippen LogP contribution is 2.44. The van der Waals surface area contributed by atoms with Crippen molar-refractivity contribution in [1.29, 1.82) is 0 Å². The number of aliphatic hydroxyl groups is 1. The van der Waals surface area contributed by atoms with E-state index in [1.165, 1.54) is 26.2 Å². The molecule has 8 nitrogen and oxygen atoms in total. The fraction of sp³-hybridized carbons (Fsp3) is 0.360. The predicted octanol–water partition coefficient (Wildman–Crippen LogP) is 4.13. The number of rotatable bonds is 9. The lowest BCUT2D eigenvalue weighted by molar-refractivity contribution is -0.140. The van der Waals surface area contributed by atoms with Crippen molar-refractivity contribution in [3.63, 3.8) is 0 Å². The molecule has 0 spiro atoms. The number of methoxy groups -OCH3 is 3. The number of likely N-dealkylation sites (tertiary alicyclic amines) is 1. The lowest BCUT2D eigenvalue weighted by atomic mass is 9.94. The maximum Gasteiger partial charge on any atom is 0.295 e. The molecule has 1 heterocycles. The maximum absolute atomic E-state index is 13.2. The van der Waals surface area contributed by atoms with E-state index in [0.29, 0.717) is 23.7 Å². The Kier molecular flexibility index (Phi) is 8.06. The second-order valence-corrected chi connectivity index (χ2v) is 8.06. The number of aryl methyl sites for hydroxylation is 1. The summed E-state index contributed by atoms with van der Waals surface area (Å²) in [5.74, 6) is -0.766. The van der Waals surface area contributed by atoms with Gasteiger partial charge in [-0.3, -0.25) is 9.59 Å². The van der Waals surface area contributed by atoms with E-state index in [-0.39, 0.29) is 40.8 Å². The number of halogens is 1. The van der Waals surface area contributed by atoms with Crippen LogP contribution in [0.25, 0.3) is 5.76 Å². The van der Waals surface area contributed by atoms with Gasteiger partial charge in [0.05, 0.1) is 49.6 Å². The zero-order valence-electron chi connectivity index (χ0n) is 19.8. The Morgan fingerprint density at radius 1 is 1.09 bits per heavy atom. The standard InChI is InChI=1S/C25H28ClNO7/c1-6-34-18-8-7-15(13-19(18)32-4)21-20(23(29)25(30)27(21)9-10-31-3)22(28)16-11-14(2)12-17(26)24(16)33-5/h7-8,11-13,21,28H,6,9-10H2,1-5H3/b22-20+. The Labute approximate surface area is 203 Å². The lowest BCUT2D eigenvalue weighted by Gasteiger charge is -2.26. The third-order valence-electron chi connectivity index (χ3n) is 5.53. The molecule has 1 aliphatic heterocycles. The number of nitrogens with zero attached hydrogens (tertiary/aromatic N) is 1. The van der Waals surface area contributed by atoms with Gasteiger partial charge in [0.1, 0.15) is 11.5 Å². The minimum Gasteiger partial charge on any atom is -0.507 e. The van der Waals surface area contributed by atoms with Gasteiger partial charge in [-0.25, -0.2) is 0 Å². The fourth-order valence-electron chi connectivity index (χ4n) is 4.03. The van der Waals surface area contributed by atoms with Crippen molar-refractivity contribution in [2.24, 2.45) is 0 Å². The molecule has 0 saturated carbocycles. The van der Waals surface area contributed by atoms with Gasteiger partial charge in [-0.2, -0.15) is 0 Å². The summed E-state index contributed by atoms with van der Waals surface area (Å²) in [7, 11) is 4.42. The second-order valence-electron chi connectivity index (χ2n) is 7.66. The van der Waals surface area contributed by atoms with Crippen molar-refractivity contribution < 1.29 is 33.6 Å². The van der Waals surface area contributed by atoms with Gasteiger partial charge in [0.15, 0.2) is 11.5 Å². The Morgan fingerprint density at radius 3 is 2.44 bits per heavy atom. The molecular formula is C25H28ClNO7. The van der Waals surface area contributed by atoms with Crippen LogP contribution in [-0.4, -0.2) is 62.8 Å². The quantitative estimate of drug-likeness (QED) is 0.321. The minimum atomic E-state index is -0.885. The van der Waals surface area contributed by atoms with Crippen LogP contribution in [0.1, 0.15) is 29.7 Å². The number of amides is 1. The largest absolute Gasteiger partial charge is 0.507 e. The molecule has 0 radical (unpaired) electrons. The molecule has 1 unspecified atom stereocenters. The summed E-state index contributed by atoms with van der Waals surface area (Å²) in [5, 5.41) is 11.6. The van der Waals surface area contributed by atoms with Crippen LogP contribution in [0.3, 0.4) is 0 Å². The molecule has 1 amide bonds. The van der Waals surface area contributed by atoms with Crippen LogP contribution < -0.4 is 14.2 Å². The van der Waals surface area contributed by atoms with Crippen LogP contribution in [0.5, 0.6) is 17.2 Å². The third-order valence-corrected chi connectivity index (χ3v) is 5.81. The Morgan fingerprint density at radius 2 is 1.82 bits per heavy atom. The van der Waals surface area contributed by atoms with Gasteiger partial charge in [-0.05, 0) is 49.2 Å². The van der Waals surface area contributed by atoms with E-state index in [9.17, 15) is 14.7 Å². The van der Waals surface area contributed by atoms with Gasteiger partial charge < -0.3 is 29.0 Å². The average molecular weight is 490 g/mol. The van der Waals surface area contributed by atoms with Gasteiger partial charge in [-0.15, -0.1) is 0 Å². The first-order valence-electron chi connectivity index (χ1n) is 10.7. The molecule has 1 saturated heterocycles. The summed E-state index contributed by atoms with van der Waals surface area (Å²) in [6.45, 7) is 4.44. The van der Waals surface area contributed by atoms with E-state index >= 15 is 0 Å². The zero-order valence-corrected chi connectivity index (χ0v) is 20.6. The molecule has 1 atom stereocenters. The first-order chi connectivity index (χ1) is 16.3. The molecular weight excluding hydrogens is 462 g/mol. The Bertz CT molecular complexity index is 1130. The number of ketones is 1. The summed E-state index contributed by atoms with van der Waals surface area (Å²) < 4.78 is 21.6. The number of carbonyl (C=O) groups is 2. The summed E-state index contributed by atoms with van der Waals surface area (Å²) in [6, 6.07) is 7.58. The first kappa shape index (κ1) is 25.4. The highest BCUT2D eigenvalue weighted by atomic mass is 35.5. The molecule has 2 aromatic carbocycles. The number of hydrogen-bond donors (Lipinski definition) is 1. The number of carbonyl (C=O) groups excluding carboxylic acids is 2. The molecule has 3 rings (SSSR count). The second kappa shape index (κ2) is 10.8. The molecule has 0 aliphatic carbocycles. The van der Waals surface area contributed by atoms with Crippen LogP contribution in [0.2, 0.25) is 5.02 Å². The Hall–Kier alpha value is -3.23. The highest BCUT2D eigenvalue weighted by molar-refractivity contribution is 6.46. The lowest BCUT2D eigenvalue weighted by Crippen LogP contribution is -2.32. The molecule has 182 valence electrons. The monoisotopic (exact) mass is 489 g/mol. The van der Waals surface area contributed by atoms with E-state index in [1.807, 2.05) is 6.92 Å². The van der Waals surface area contributed by atoms with Crippen LogP contribution in [-0.2, 0) is 14.3 Å². The van der Waals surface area contributed by atoms with Gasteiger partial charge >= 0.3 is 0 Å². The molecule has 2 aromatic rings. The number of benzene rings is 2. The smallest absolute Gasteiger partial charge is 0.295 e. The van der Waals surface area contributed by atoms with Crippen LogP contribution >= 0.6 is 11.6 Å². The van der Waals surface area contributed by atoms with Crippen molar-refractivity contribution in [1.82, 2.24) is 4.90 Å². The minimum absolute atomic E-state index is 0.0766. The predicted molar refractivity (Wildman–Crippen MR) is 128 cm³/mol. The van der Waals surface area contributed by atoms with Crippen molar-refractivity contribution in [3.8, 4) is 17.2 Å². The van der Waals surface area contributed by atoms with Gasteiger partial charge in [-0.1, -0.05) is 17.7 Å². The summed E-state index contributed by atoms with van der Waals surface area (Å²) in [6.07, 6.45) is 0. The Balaban J connectivity index is 2.27. The SMILES string of the molecule is CCOc1ccc(C2/C(=C(\O)c3cc(C)cc(Cl)c3OC)C(=O)C(=O)N2CCOC)cc1OC. The molecule has 9 heteroatoms. The summed E-state index contributed by atoms with van der Waals surface area (Å²) >= 11 is 6.32. The first-order valence-corrected chi connectivity index (χ1v) is 11.1. The van der Waals surface area contributed by atoms with E-state index in [0.717, 1.165) is 5.56 Å². The average Bonchev–Trinajstić information content (AvgIpc) is 3.07. The maximum atomic E-state index is 13.2. The topological polar surface area (TPSA) is 94.5 Å². The van der Waals surface area contributed by atoms with Gasteiger partial charge in [0.2, 0.25) is 0 Å². The normalized spacial score (nSPS) is 17.2. The van der Waals surface area contributed by atoms with E-state index < -0.39 is 17.7 Å². The summed E-state index contributed by atoms with van der Waals surface area (Å²) in [4.78, 5) is 27.6. The molecule has 0 bridgehead atoms. The number of Topliss-reactive ketones (excluding diaryl/α,β-unsaturated/α-hetero) is 1. The van der Waals surface area contributed by atoms with Crippen molar-refractivity contribution in [2.45, 2.75) is 19.9 Å². The molecule has 1 N–H and O–H groups in total. The van der Waals surface area contributed by atoms with E-state index in [2.05, 4.69) is 0 Å². The fourth-order valence-corrected chi connectivity index (χ4v) is 4.38. The number of ether oxygens (including phenoxy) is 4. The summed E-state index contributed by atoms with van der Waals surface area (Å²) in [5.41, 5.74) is 1.46. The van der Waals surface area contributed by atoms with Gasteiger partial charge in [0.25, 0.3) is 11.7 Å². The van der Waals surface area contributed by atoms with Crippen LogP contribution in [0.4, 0.5) is 0 Å². The molecule has 34 heavy (non-hydrogen) atoms. The molecule has 1 aliphatic rings. The molecule has 1 fully saturated rings. The van der Waals surface area contributed by atoms with Crippen molar-refractivity contribution >= 4 is 29.1 Å². The molecule has 0 aromatic heterocycles. The van der Waals surface area contributed by atoms with Gasteiger partial charge in [0, 0.05) is 13.7 Å². The van der Waals surface area contributed by atoms with E-state index in [4.69, 9.17) is 30.5 Å². The highest BCUT2D eigenvalue weighted by Gasteiger charge is 2.46. The number of aliphatic hydroxyl groups excluding tert-OH is 1. The van der Waals surface area contributed by atoms with E-state index in [1.54, 1.807) is 37.3 Å². The van der Waals surface area contributed by atoms with Crippen molar-refractivity contribution in [3.05, 3.63) is 57.6 Å². The third kappa shape index (κ3) is 4.69. The zero-order chi connectivity index (χ0) is 25.0. The van der Waals surface area contributed by atoms with Crippen molar-refractivity contribution in [2.75, 3.05) is 41.1 Å². The van der Waals surface area contributed by atoms with Crippen LogP contribution in [0, 0.1) is 6.92 Å². The number of hydrogen-bond acceptors (Lipinski definition) is 7. The van der Waals surface area contributed by atoms with Crippen LogP contribution in [0.15, 0.2) is 35.9 Å².